The summed E-state index contributed by atoms with van der Waals surface area (Å²) in [5.41, 5.74) is 0.0733. The van der Waals surface area contributed by atoms with Crippen LogP contribution in [0.1, 0.15) is 20.8 Å². The van der Waals surface area contributed by atoms with Crippen molar-refractivity contribution in [3.05, 3.63) is 0 Å². The van der Waals surface area contributed by atoms with E-state index in [1.54, 1.807) is 0 Å². The number of hydrogen-bond donors (Lipinski definition) is 1. The van der Waals surface area contributed by atoms with Crippen molar-refractivity contribution in [2.45, 2.75) is 26.3 Å². The summed E-state index contributed by atoms with van der Waals surface area (Å²) in [5.74, 6) is -0.115. The van der Waals surface area contributed by atoms with Crippen LogP contribution in [0.25, 0.3) is 0 Å². The lowest BCUT2D eigenvalue weighted by Crippen LogP contribution is -2.46. The molecule has 18 heavy (non-hydrogen) atoms. The number of nitrogens with zero attached hydrogens (tertiary/aromatic N) is 2. The van der Waals surface area contributed by atoms with Gasteiger partial charge in [0.05, 0.1) is 6.54 Å². The minimum absolute atomic E-state index is 0.0733. The second kappa shape index (κ2) is 7.07. The maximum atomic E-state index is 11.6. The first-order chi connectivity index (χ1) is 8.37. The molecule has 5 heteroatoms. The van der Waals surface area contributed by atoms with Crippen molar-refractivity contribution < 1.29 is 9.53 Å². The molecule has 1 fully saturated rings. The maximum Gasteiger partial charge on any atom is 0.320 e. The van der Waals surface area contributed by atoms with Gasteiger partial charge in [-0.15, -0.1) is 0 Å². The summed E-state index contributed by atoms with van der Waals surface area (Å²) >= 11 is 0. The Balaban J connectivity index is 2.07. The van der Waals surface area contributed by atoms with Crippen LogP contribution in [-0.4, -0.2) is 74.2 Å². The van der Waals surface area contributed by atoms with Crippen LogP contribution in [0, 0.1) is 0 Å². The van der Waals surface area contributed by atoms with Crippen LogP contribution < -0.4 is 5.32 Å². The highest BCUT2D eigenvalue weighted by atomic mass is 16.5. The highest BCUT2D eigenvalue weighted by Gasteiger charge is 2.17. The van der Waals surface area contributed by atoms with E-state index in [1.165, 1.54) is 0 Å². The molecule has 106 valence electrons. The third kappa shape index (κ3) is 6.93. The number of esters is 1. The highest BCUT2D eigenvalue weighted by Crippen LogP contribution is 1.99. The molecule has 1 aliphatic heterocycles. The Kier molecular flexibility index (Phi) is 6.05. The van der Waals surface area contributed by atoms with Crippen LogP contribution in [0.2, 0.25) is 0 Å². The van der Waals surface area contributed by atoms with Gasteiger partial charge in [-0.2, -0.15) is 0 Å². The van der Waals surface area contributed by atoms with Crippen molar-refractivity contribution >= 4 is 5.97 Å². The van der Waals surface area contributed by atoms with Crippen LogP contribution in [-0.2, 0) is 9.53 Å². The molecule has 1 heterocycles. The Morgan fingerprint density at radius 3 is 2.39 bits per heavy atom. The smallest absolute Gasteiger partial charge is 0.320 e. The van der Waals surface area contributed by atoms with E-state index < -0.39 is 0 Å². The topological polar surface area (TPSA) is 44.8 Å². The minimum atomic E-state index is -0.115. The fourth-order valence-electron chi connectivity index (χ4n) is 1.83. The predicted octanol–water partition coefficient (Wildman–Crippen LogP) is 0.165. The van der Waals surface area contributed by atoms with Gasteiger partial charge in [0.15, 0.2) is 0 Å². The van der Waals surface area contributed by atoms with Crippen LogP contribution in [0.3, 0.4) is 0 Å². The van der Waals surface area contributed by atoms with Gasteiger partial charge in [-0.25, -0.2) is 0 Å². The molecule has 0 spiro atoms. The minimum Gasteiger partial charge on any atom is -0.463 e. The summed E-state index contributed by atoms with van der Waals surface area (Å²) in [5, 5.41) is 3.29. The number of nitrogens with one attached hydrogen (secondary N) is 1. The van der Waals surface area contributed by atoms with Gasteiger partial charge in [0.25, 0.3) is 0 Å². The molecule has 1 saturated heterocycles. The van der Waals surface area contributed by atoms with Gasteiger partial charge < -0.3 is 15.0 Å². The fourth-order valence-corrected chi connectivity index (χ4v) is 1.83. The van der Waals surface area contributed by atoms with Crippen LogP contribution in [0.4, 0.5) is 0 Å². The highest BCUT2D eigenvalue weighted by molar-refractivity contribution is 5.71. The number of hydrogen-bond acceptors (Lipinski definition) is 5. The zero-order valence-electron chi connectivity index (χ0n) is 12.2. The predicted molar refractivity (Wildman–Crippen MR) is 72.7 cm³/mol. The molecule has 0 amide bonds. The Morgan fingerprint density at radius 2 is 1.83 bits per heavy atom. The quantitative estimate of drug-likeness (QED) is 0.562. The number of piperazine rings is 1. The fraction of sp³-hybridized carbons (Fsp3) is 0.923. The van der Waals surface area contributed by atoms with Crippen LogP contribution in [0.5, 0.6) is 0 Å². The molecule has 1 N–H and O–H groups in total. The third-order valence-corrected chi connectivity index (χ3v) is 2.97. The molecule has 0 aromatic carbocycles. The molecule has 5 nitrogen and oxygen atoms in total. The molecule has 0 bridgehead atoms. The summed E-state index contributed by atoms with van der Waals surface area (Å²) in [7, 11) is 2.10. The Morgan fingerprint density at radius 1 is 1.22 bits per heavy atom. The average molecular weight is 257 g/mol. The Bertz CT molecular complexity index is 255. The third-order valence-electron chi connectivity index (χ3n) is 2.97. The normalized spacial score (nSPS) is 18.9. The standard InChI is InChI=1S/C13H27N3O2/c1-13(2,3)14-5-10-18-12(17)11-16-8-6-15(4)7-9-16/h14H,5-11H2,1-4H3. The van der Waals surface area contributed by atoms with Gasteiger partial charge in [-0.3, -0.25) is 9.69 Å². The number of likely N-dealkylation sites (N-methyl/N-ethyl adjacent to an activating group) is 1. The van der Waals surface area contributed by atoms with Gasteiger partial charge >= 0.3 is 5.97 Å². The molecule has 0 unspecified atom stereocenters. The van der Waals surface area contributed by atoms with Gasteiger partial charge in [-0.05, 0) is 27.8 Å². The second-order valence-corrected chi connectivity index (χ2v) is 5.98. The van der Waals surface area contributed by atoms with E-state index in [9.17, 15) is 4.79 Å². The maximum absolute atomic E-state index is 11.6. The molecule has 0 saturated carbocycles. The molecule has 0 atom stereocenters. The Labute approximate surface area is 110 Å². The van der Waals surface area contributed by atoms with Crippen molar-refractivity contribution in [1.29, 1.82) is 0 Å². The van der Waals surface area contributed by atoms with Gasteiger partial charge in [-0.1, -0.05) is 0 Å². The summed E-state index contributed by atoms with van der Waals surface area (Å²) in [4.78, 5) is 16.0. The lowest BCUT2D eigenvalue weighted by atomic mass is 10.1. The van der Waals surface area contributed by atoms with Crippen LogP contribution in [0.15, 0.2) is 0 Å². The van der Waals surface area contributed by atoms with E-state index in [1.807, 2.05) is 0 Å². The molecule has 0 aliphatic carbocycles. The zero-order chi connectivity index (χ0) is 13.6. The van der Waals surface area contributed by atoms with E-state index >= 15 is 0 Å². The number of carbonyl (C=O) groups excluding carboxylic acids is 1. The lowest BCUT2D eigenvalue weighted by Gasteiger charge is -2.31. The first-order valence-corrected chi connectivity index (χ1v) is 6.68. The molecule has 0 aromatic rings. The average Bonchev–Trinajstić information content (AvgIpc) is 2.26. The second-order valence-electron chi connectivity index (χ2n) is 5.98. The summed E-state index contributed by atoms with van der Waals surface area (Å²) in [6.07, 6.45) is 0. The summed E-state index contributed by atoms with van der Waals surface area (Å²) in [6, 6.07) is 0. The van der Waals surface area contributed by atoms with Crippen molar-refractivity contribution in [3.63, 3.8) is 0 Å². The van der Waals surface area contributed by atoms with Gasteiger partial charge in [0.1, 0.15) is 6.61 Å². The molecule has 0 aromatic heterocycles. The summed E-state index contributed by atoms with van der Waals surface area (Å²) < 4.78 is 5.21. The lowest BCUT2D eigenvalue weighted by molar-refractivity contribution is -0.145. The molecule has 1 rings (SSSR count). The summed E-state index contributed by atoms with van der Waals surface area (Å²) in [6.45, 7) is 11.8. The number of rotatable bonds is 5. The SMILES string of the molecule is CN1CCN(CC(=O)OCCNC(C)(C)C)CC1. The largest absolute Gasteiger partial charge is 0.463 e. The number of ether oxygens (including phenoxy) is 1. The monoisotopic (exact) mass is 257 g/mol. The Hall–Kier alpha value is -0.650. The van der Waals surface area contributed by atoms with Crippen LogP contribution >= 0.6 is 0 Å². The molecule has 0 radical (unpaired) electrons. The van der Waals surface area contributed by atoms with E-state index in [-0.39, 0.29) is 11.5 Å². The van der Waals surface area contributed by atoms with E-state index in [0.717, 1.165) is 26.2 Å². The molecular weight excluding hydrogens is 230 g/mol. The van der Waals surface area contributed by atoms with Crippen molar-refractivity contribution in [3.8, 4) is 0 Å². The number of carbonyl (C=O) groups is 1. The molecule has 1 aliphatic rings. The van der Waals surface area contributed by atoms with Gasteiger partial charge in [0, 0.05) is 38.3 Å². The van der Waals surface area contributed by atoms with E-state index in [0.29, 0.717) is 19.7 Å². The van der Waals surface area contributed by atoms with E-state index in [4.69, 9.17) is 4.74 Å². The first-order valence-electron chi connectivity index (χ1n) is 6.68. The van der Waals surface area contributed by atoms with E-state index in [2.05, 4.69) is 42.9 Å². The first kappa shape index (κ1) is 15.4. The van der Waals surface area contributed by atoms with Crippen molar-refractivity contribution in [1.82, 2.24) is 15.1 Å². The van der Waals surface area contributed by atoms with Crippen molar-refractivity contribution in [2.75, 3.05) is 52.9 Å². The van der Waals surface area contributed by atoms with Gasteiger partial charge in [0.2, 0.25) is 0 Å². The molecular formula is C13H27N3O2. The zero-order valence-corrected chi connectivity index (χ0v) is 12.2. The van der Waals surface area contributed by atoms with Crippen molar-refractivity contribution in [2.24, 2.45) is 0 Å².